The summed E-state index contributed by atoms with van der Waals surface area (Å²) in [6, 6.07) is 10.5. The smallest absolute Gasteiger partial charge is 0.244 e. The summed E-state index contributed by atoms with van der Waals surface area (Å²) in [7, 11) is -3.83. The highest BCUT2D eigenvalue weighted by Gasteiger charge is 2.30. The van der Waals surface area contributed by atoms with E-state index in [0.717, 1.165) is 23.4 Å². The summed E-state index contributed by atoms with van der Waals surface area (Å²) in [6.07, 6.45) is 2.72. The van der Waals surface area contributed by atoms with Gasteiger partial charge in [0.2, 0.25) is 21.8 Å². The van der Waals surface area contributed by atoms with Crippen LogP contribution in [0.3, 0.4) is 0 Å². The van der Waals surface area contributed by atoms with E-state index in [-0.39, 0.29) is 12.5 Å². The molecule has 2 rings (SSSR count). The monoisotopic (exact) mass is 557 g/mol. The van der Waals surface area contributed by atoms with Gasteiger partial charge in [-0.1, -0.05) is 42.6 Å². The number of rotatable bonds is 13. The lowest BCUT2D eigenvalue weighted by molar-refractivity contribution is -0.139. The molecular weight excluding hydrogens is 525 g/mol. The van der Waals surface area contributed by atoms with E-state index in [4.69, 9.17) is 27.9 Å². The second-order valence-corrected chi connectivity index (χ2v) is 11.0. The standard InChI is InChI=1S/C25H33Cl2N3O5S/c1-5-7-15-28-25(32)18(3)29(16-21-22(26)9-8-10-23(21)27)24(31)17-30(36(4,33)34)19-11-13-20(14-12-19)35-6-2/h8-14,18H,5-7,15-17H2,1-4H3,(H,28,32)/t18-/m0/s1. The van der Waals surface area contributed by atoms with Crippen LogP contribution in [-0.2, 0) is 26.2 Å². The maximum atomic E-state index is 13.6. The Labute approximate surface area is 223 Å². The summed E-state index contributed by atoms with van der Waals surface area (Å²) in [5.74, 6) is -0.358. The lowest BCUT2D eigenvalue weighted by atomic mass is 10.1. The van der Waals surface area contributed by atoms with Crippen LogP contribution in [0.2, 0.25) is 10.0 Å². The van der Waals surface area contributed by atoms with Crippen LogP contribution in [0, 0.1) is 0 Å². The van der Waals surface area contributed by atoms with Gasteiger partial charge in [0.15, 0.2) is 0 Å². The van der Waals surface area contributed by atoms with Gasteiger partial charge in [-0.2, -0.15) is 0 Å². The van der Waals surface area contributed by atoms with E-state index in [1.165, 1.54) is 4.90 Å². The maximum Gasteiger partial charge on any atom is 0.244 e. The van der Waals surface area contributed by atoms with Crippen LogP contribution in [0.4, 0.5) is 5.69 Å². The van der Waals surface area contributed by atoms with Crippen LogP contribution >= 0.6 is 23.2 Å². The van der Waals surface area contributed by atoms with Gasteiger partial charge in [0.25, 0.3) is 0 Å². The molecule has 198 valence electrons. The first-order valence-corrected chi connectivity index (χ1v) is 14.3. The van der Waals surface area contributed by atoms with Crippen molar-refractivity contribution < 1.29 is 22.7 Å². The lowest BCUT2D eigenvalue weighted by Crippen LogP contribution is -2.51. The molecule has 2 aromatic rings. The third kappa shape index (κ3) is 8.28. The zero-order chi connectivity index (χ0) is 26.9. The number of anilines is 1. The van der Waals surface area contributed by atoms with Gasteiger partial charge >= 0.3 is 0 Å². The number of benzene rings is 2. The van der Waals surface area contributed by atoms with E-state index in [1.54, 1.807) is 49.4 Å². The van der Waals surface area contributed by atoms with Crippen LogP contribution in [0.15, 0.2) is 42.5 Å². The van der Waals surface area contributed by atoms with Crippen molar-refractivity contribution in [3.05, 3.63) is 58.1 Å². The Morgan fingerprint density at radius 3 is 2.19 bits per heavy atom. The average Bonchev–Trinajstić information content (AvgIpc) is 2.82. The van der Waals surface area contributed by atoms with Crippen LogP contribution < -0.4 is 14.4 Å². The molecule has 1 N–H and O–H groups in total. The average molecular weight is 559 g/mol. The Morgan fingerprint density at radius 2 is 1.67 bits per heavy atom. The maximum absolute atomic E-state index is 13.6. The number of amides is 2. The number of carbonyl (C=O) groups excluding carboxylic acids is 2. The SMILES string of the molecule is CCCCNC(=O)[C@H](C)N(Cc1c(Cl)cccc1Cl)C(=O)CN(c1ccc(OCC)cc1)S(C)(=O)=O. The summed E-state index contributed by atoms with van der Waals surface area (Å²) < 4.78 is 31.7. The van der Waals surface area contributed by atoms with E-state index in [9.17, 15) is 18.0 Å². The summed E-state index contributed by atoms with van der Waals surface area (Å²) >= 11 is 12.7. The Morgan fingerprint density at radius 1 is 1.06 bits per heavy atom. The molecular formula is C25H33Cl2N3O5S. The number of nitrogens with zero attached hydrogens (tertiary/aromatic N) is 2. The van der Waals surface area contributed by atoms with Crippen LogP contribution in [0.25, 0.3) is 0 Å². The third-order valence-electron chi connectivity index (χ3n) is 5.50. The molecule has 0 aromatic heterocycles. The van der Waals surface area contributed by atoms with Crippen molar-refractivity contribution in [2.24, 2.45) is 0 Å². The number of carbonyl (C=O) groups is 2. The topological polar surface area (TPSA) is 96.0 Å². The van der Waals surface area contributed by atoms with E-state index in [2.05, 4.69) is 5.32 Å². The van der Waals surface area contributed by atoms with Gasteiger partial charge in [-0.25, -0.2) is 8.42 Å². The van der Waals surface area contributed by atoms with Gasteiger partial charge < -0.3 is 15.0 Å². The summed E-state index contributed by atoms with van der Waals surface area (Å²) in [5, 5.41) is 3.50. The van der Waals surface area contributed by atoms with Gasteiger partial charge in [0.1, 0.15) is 18.3 Å². The number of hydrogen-bond acceptors (Lipinski definition) is 5. The summed E-state index contributed by atoms with van der Waals surface area (Å²) in [4.78, 5) is 27.7. The van der Waals surface area contributed by atoms with Crippen molar-refractivity contribution in [1.82, 2.24) is 10.2 Å². The highest BCUT2D eigenvalue weighted by Crippen LogP contribution is 2.27. The van der Waals surface area contributed by atoms with Crippen LogP contribution in [0.1, 0.15) is 39.2 Å². The molecule has 0 unspecified atom stereocenters. The predicted molar refractivity (Wildman–Crippen MR) is 144 cm³/mol. The van der Waals surface area contributed by atoms with Crippen molar-refractivity contribution in [1.29, 1.82) is 0 Å². The van der Waals surface area contributed by atoms with Gasteiger partial charge in [-0.15, -0.1) is 0 Å². The fourth-order valence-corrected chi connectivity index (χ4v) is 4.83. The molecule has 0 saturated carbocycles. The molecule has 0 aliphatic heterocycles. The van der Waals surface area contributed by atoms with Gasteiger partial charge in [0, 0.05) is 28.7 Å². The van der Waals surface area contributed by atoms with Crippen molar-refractivity contribution in [2.45, 2.75) is 46.2 Å². The van der Waals surface area contributed by atoms with E-state index in [0.29, 0.717) is 40.2 Å². The van der Waals surface area contributed by atoms with Gasteiger partial charge in [0.05, 0.1) is 18.6 Å². The molecule has 2 aromatic carbocycles. The molecule has 1 atom stereocenters. The molecule has 0 aliphatic carbocycles. The van der Waals surface area contributed by atoms with E-state index < -0.39 is 28.5 Å². The first kappa shape index (κ1) is 29.7. The number of hydrogen-bond donors (Lipinski definition) is 1. The van der Waals surface area contributed by atoms with Gasteiger partial charge in [-0.05, 0) is 56.7 Å². The quantitative estimate of drug-likeness (QED) is 0.366. The number of ether oxygens (including phenoxy) is 1. The molecule has 0 saturated heterocycles. The van der Waals surface area contributed by atoms with Crippen molar-refractivity contribution in [3.63, 3.8) is 0 Å². The van der Waals surface area contributed by atoms with E-state index in [1.807, 2.05) is 13.8 Å². The molecule has 11 heteroatoms. The zero-order valence-corrected chi connectivity index (χ0v) is 23.3. The van der Waals surface area contributed by atoms with Crippen LogP contribution in [0.5, 0.6) is 5.75 Å². The molecule has 0 fully saturated rings. The van der Waals surface area contributed by atoms with Crippen molar-refractivity contribution >= 4 is 50.7 Å². The molecule has 8 nitrogen and oxygen atoms in total. The summed E-state index contributed by atoms with van der Waals surface area (Å²) in [5.41, 5.74) is 0.763. The highest BCUT2D eigenvalue weighted by atomic mass is 35.5. The molecule has 36 heavy (non-hydrogen) atoms. The number of halogens is 2. The fraction of sp³-hybridized carbons (Fsp3) is 0.440. The van der Waals surface area contributed by atoms with E-state index >= 15 is 0 Å². The Kier molecular flexibility index (Phi) is 11.3. The second kappa shape index (κ2) is 13.7. The van der Waals surface area contributed by atoms with Crippen LogP contribution in [-0.4, -0.2) is 57.1 Å². The summed E-state index contributed by atoms with van der Waals surface area (Å²) in [6.45, 7) is 5.79. The molecule has 0 heterocycles. The van der Waals surface area contributed by atoms with Gasteiger partial charge in [-0.3, -0.25) is 13.9 Å². The molecule has 2 amide bonds. The zero-order valence-electron chi connectivity index (χ0n) is 21.0. The number of nitrogens with one attached hydrogen (secondary N) is 1. The number of sulfonamides is 1. The number of unbranched alkanes of at least 4 members (excludes halogenated alkanes) is 1. The predicted octanol–water partition coefficient (Wildman–Crippen LogP) is 4.49. The van der Waals surface area contributed by atoms with Crippen molar-refractivity contribution in [2.75, 3.05) is 30.3 Å². The minimum absolute atomic E-state index is 0.0689. The molecule has 0 spiro atoms. The Hall–Kier alpha value is -2.49. The first-order valence-electron chi connectivity index (χ1n) is 11.7. The minimum atomic E-state index is -3.83. The van der Waals surface area contributed by atoms with Crippen molar-refractivity contribution in [3.8, 4) is 5.75 Å². The molecule has 0 radical (unpaired) electrons. The largest absolute Gasteiger partial charge is 0.494 e. The normalized spacial score (nSPS) is 12.1. The molecule has 0 bridgehead atoms. The third-order valence-corrected chi connectivity index (χ3v) is 7.35. The Balaban J connectivity index is 2.39. The lowest BCUT2D eigenvalue weighted by Gasteiger charge is -2.32. The molecule has 0 aliphatic rings. The minimum Gasteiger partial charge on any atom is -0.494 e. The second-order valence-electron chi connectivity index (χ2n) is 8.24. The fourth-order valence-electron chi connectivity index (χ4n) is 3.46. The first-order chi connectivity index (χ1) is 17.0. The highest BCUT2D eigenvalue weighted by molar-refractivity contribution is 7.92. The Bertz CT molecular complexity index is 1120.